The lowest BCUT2D eigenvalue weighted by Gasteiger charge is -2.24. The second-order valence-corrected chi connectivity index (χ2v) is 8.45. The van der Waals surface area contributed by atoms with E-state index in [4.69, 9.17) is 5.11 Å². The van der Waals surface area contributed by atoms with Crippen LogP contribution in [-0.4, -0.2) is 48.5 Å². The molecule has 0 spiro atoms. The summed E-state index contributed by atoms with van der Waals surface area (Å²) < 4.78 is 22.8. The number of sulfone groups is 1. The van der Waals surface area contributed by atoms with Gasteiger partial charge in [0.05, 0.1) is 22.5 Å². The molecule has 0 radical (unpaired) electrons. The van der Waals surface area contributed by atoms with Crippen molar-refractivity contribution in [2.24, 2.45) is 5.41 Å². The molecule has 0 aliphatic carbocycles. The van der Waals surface area contributed by atoms with Crippen LogP contribution in [0.5, 0.6) is 0 Å². The quantitative estimate of drug-likeness (QED) is 0.662. The van der Waals surface area contributed by atoms with Gasteiger partial charge < -0.3 is 10.4 Å². The number of carboxylic acid groups (broad SMARTS) is 1. The molecule has 1 aliphatic rings. The molecule has 1 saturated heterocycles. The first-order valence-corrected chi connectivity index (χ1v) is 8.23. The van der Waals surface area contributed by atoms with E-state index < -0.39 is 38.7 Å². The van der Waals surface area contributed by atoms with E-state index in [1.807, 2.05) is 5.32 Å². The molecule has 1 rings (SSSR count). The molecule has 1 heterocycles. The Morgan fingerprint density at radius 3 is 2.29 bits per heavy atom. The van der Waals surface area contributed by atoms with Gasteiger partial charge in [-0.05, 0) is 27.2 Å². The zero-order valence-corrected chi connectivity index (χ0v) is 13.0. The fourth-order valence-electron chi connectivity index (χ4n) is 2.06. The Kier molecular flexibility index (Phi) is 4.66. The SMILES string of the molecule is CC1(NC(=O)NC(=O)CC(C)(C)C(=O)O)CCS(=O)(=O)C1. The lowest BCUT2D eigenvalue weighted by atomic mass is 9.89. The number of urea groups is 1. The fourth-order valence-corrected chi connectivity index (χ4v) is 4.16. The summed E-state index contributed by atoms with van der Waals surface area (Å²) >= 11 is 0. The largest absolute Gasteiger partial charge is 0.481 e. The van der Waals surface area contributed by atoms with E-state index in [1.54, 1.807) is 6.92 Å². The Bertz CT molecular complexity index is 568. The second-order valence-electron chi connectivity index (χ2n) is 6.27. The normalized spacial score (nSPS) is 24.3. The highest BCUT2D eigenvalue weighted by Gasteiger charge is 2.40. The predicted octanol–water partition coefficient (Wildman–Crippen LogP) is -0.110. The number of carbonyl (C=O) groups is 3. The van der Waals surface area contributed by atoms with Crippen LogP contribution in [0, 0.1) is 5.41 Å². The monoisotopic (exact) mass is 320 g/mol. The number of imide groups is 1. The molecule has 120 valence electrons. The minimum atomic E-state index is -3.17. The zero-order chi connectivity index (χ0) is 16.5. The average Bonchev–Trinajstić information content (AvgIpc) is 2.50. The Balaban J connectivity index is 2.55. The number of carboxylic acids is 1. The summed E-state index contributed by atoms with van der Waals surface area (Å²) in [5, 5.41) is 13.4. The van der Waals surface area contributed by atoms with Crippen molar-refractivity contribution in [3.8, 4) is 0 Å². The summed E-state index contributed by atoms with van der Waals surface area (Å²) in [5.41, 5.74) is -2.20. The highest BCUT2D eigenvalue weighted by Crippen LogP contribution is 2.23. The first-order valence-electron chi connectivity index (χ1n) is 6.41. The van der Waals surface area contributed by atoms with Gasteiger partial charge >= 0.3 is 12.0 Å². The summed E-state index contributed by atoms with van der Waals surface area (Å²) in [7, 11) is -3.17. The minimum absolute atomic E-state index is 0.0101. The maximum atomic E-state index is 11.7. The highest BCUT2D eigenvalue weighted by molar-refractivity contribution is 7.91. The number of nitrogens with one attached hydrogen (secondary N) is 2. The standard InChI is InChI=1S/C12H20N2O6S/c1-11(2,9(16)17)6-8(15)13-10(18)14-12(3)4-5-21(19,20)7-12/h4-7H2,1-3H3,(H,16,17)(H2,13,14,15,18). The Morgan fingerprint density at radius 2 is 1.86 bits per heavy atom. The van der Waals surface area contributed by atoms with Gasteiger partial charge in [-0.2, -0.15) is 0 Å². The number of hydrogen-bond acceptors (Lipinski definition) is 5. The van der Waals surface area contributed by atoms with Crippen molar-refractivity contribution in [1.82, 2.24) is 10.6 Å². The van der Waals surface area contributed by atoms with Gasteiger partial charge in [-0.1, -0.05) is 0 Å². The van der Waals surface area contributed by atoms with Gasteiger partial charge in [0.25, 0.3) is 0 Å². The van der Waals surface area contributed by atoms with Crippen LogP contribution in [-0.2, 0) is 19.4 Å². The lowest BCUT2D eigenvalue weighted by Crippen LogP contribution is -2.52. The molecule has 3 N–H and O–H groups in total. The van der Waals surface area contributed by atoms with E-state index in [9.17, 15) is 22.8 Å². The van der Waals surface area contributed by atoms with Gasteiger partial charge in [-0.3, -0.25) is 14.9 Å². The van der Waals surface area contributed by atoms with E-state index in [0.29, 0.717) is 0 Å². The maximum Gasteiger partial charge on any atom is 0.321 e. The summed E-state index contributed by atoms with van der Waals surface area (Å²) in [6.07, 6.45) is -0.0810. The first-order chi connectivity index (χ1) is 9.35. The average molecular weight is 320 g/mol. The molecule has 0 aromatic rings. The molecule has 3 amide bonds. The van der Waals surface area contributed by atoms with Gasteiger partial charge in [0.1, 0.15) is 0 Å². The molecule has 21 heavy (non-hydrogen) atoms. The van der Waals surface area contributed by atoms with Crippen LogP contribution in [0.15, 0.2) is 0 Å². The summed E-state index contributed by atoms with van der Waals surface area (Å²) in [6.45, 7) is 4.33. The predicted molar refractivity (Wildman–Crippen MR) is 74.4 cm³/mol. The summed E-state index contributed by atoms with van der Waals surface area (Å²) in [4.78, 5) is 34.2. The number of rotatable bonds is 4. The van der Waals surface area contributed by atoms with Crippen LogP contribution < -0.4 is 10.6 Å². The third-order valence-electron chi connectivity index (χ3n) is 3.35. The van der Waals surface area contributed by atoms with Crippen LogP contribution >= 0.6 is 0 Å². The fraction of sp³-hybridized carbons (Fsp3) is 0.750. The number of carbonyl (C=O) groups excluding carboxylic acids is 2. The maximum absolute atomic E-state index is 11.7. The molecule has 8 nitrogen and oxygen atoms in total. The van der Waals surface area contributed by atoms with E-state index in [1.165, 1.54) is 13.8 Å². The smallest absolute Gasteiger partial charge is 0.321 e. The van der Waals surface area contributed by atoms with E-state index in [2.05, 4.69) is 5.32 Å². The lowest BCUT2D eigenvalue weighted by molar-refractivity contribution is -0.149. The third kappa shape index (κ3) is 5.00. The van der Waals surface area contributed by atoms with Crippen molar-refractivity contribution < 1.29 is 27.9 Å². The van der Waals surface area contributed by atoms with Crippen molar-refractivity contribution in [1.29, 1.82) is 0 Å². The van der Waals surface area contributed by atoms with Gasteiger partial charge in [-0.25, -0.2) is 13.2 Å². The molecule has 0 bridgehead atoms. The van der Waals surface area contributed by atoms with Gasteiger partial charge in [-0.15, -0.1) is 0 Å². The molecule has 1 fully saturated rings. The van der Waals surface area contributed by atoms with Crippen LogP contribution in [0.4, 0.5) is 4.79 Å². The highest BCUT2D eigenvalue weighted by atomic mass is 32.2. The molecule has 0 saturated carbocycles. The molecule has 1 unspecified atom stereocenters. The Hall–Kier alpha value is -1.64. The van der Waals surface area contributed by atoms with Crippen molar-refractivity contribution in [2.45, 2.75) is 39.2 Å². The number of hydrogen-bond donors (Lipinski definition) is 3. The number of amides is 3. The molecule has 1 atom stereocenters. The van der Waals surface area contributed by atoms with Gasteiger partial charge in [0.15, 0.2) is 9.84 Å². The first kappa shape index (κ1) is 17.4. The molecule has 0 aromatic carbocycles. The molecule has 9 heteroatoms. The number of aliphatic carboxylic acids is 1. The van der Waals surface area contributed by atoms with Crippen LogP contribution in [0.25, 0.3) is 0 Å². The van der Waals surface area contributed by atoms with Crippen molar-refractivity contribution >= 4 is 27.7 Å². The van der Waals surface area contributed by atoms with Crippen molar-refractivity contribution in [3.63, 3.8) is 0 Å². The van der Waals surface area contributed by atoms with Crippen LogP contribution in [0.3, 0.4) is 0 Å². The third-order valence-corrected chi connectivity index (χ3v) is 5.26. The van der Waals surface area contributed by atoms with Gasteiger partial charge in [0.2, 0.25) is 5.91 Å². The second kappa shape index (κ2) is 5.63. The molecule has 1 aliphatic heterocycles. The van der Waals surface area contributed by atoms with E-state index in [-0.39, 0.29) is 24.3 Å². The van der Waals surface area contributed by atoms with E-state index in [0.717, 1.165) is 0 Å². The molecule has 0 aromatic heterocycles. The van der Waals surface area contributed by atoms with Crippen molar-refractivity contribution in [3.05, 3.63) is 0 Å². The van der Waals surface area contributed by atoms with E-state index >= 15 is 0 Å². The van der Waals surface area contributed by atoms with Crippen molar-refractivity contribution in [2.75, 3.05) is 11.5 Å². The Labute approximate surface area is 123 Å². The molecular weight excluding hydrogens is 300 g/mol. The zero-order valence-electron chi connectivity index (χ0n) is 12.2. The molecular formula is C12H20N2O6S. The summed E-state index contributed by atoms with van der Waals surface area (Å²) in [6, 6.07) is -0.819. The van der Waals surface area contributed by atoms with Gasteiger partial charge in [0, 0.05) is 6.42 Å². The topological polar surface area (TPSA) is 130 Å². The van der Waals surface area contributed by atoms with Crippen LogP contribution in [0.1, 0.15) is 33.6 Å². The Morgan fingerprint density at radius 1 is 1.29 bits per heavy atom. The minimum Gasteiger partial charge on any atom is -0.481 e. The summed E-state index contributed by atoms with van der Waals surface area (Å²) in [5.74, 6) is -2.07. The van der Waals surface area contributed by atoms with Crippen LogP contribution in [0.2, 0.25) is 0 Å².